The summed E-state index contributed by atoms with van der Waals surface area (Å²) < 4.78 is 0. The summed E-state index contributed by atoms with van der Waals surface area (Å²) in [5.41, 5.74) is 1.40. The summed E-state index contributed by atoms with van der Waals surface area (Å²) in [5.74, 6) is 3.45. The molecule has 0 atom stereocenters. The molecule has 2 nitrogen and oxygen atoms in total. The molecule has 1 aromatic rings. The van der Waals surface area contributed by atoms with Crippen molar-refractivity contribution in [2.75, 3.05) is 0 Å². The van der Waals surface area contributed by atoms with Crippen LogP contribution in [0.1, 0.15) is 120 Å². The average Bonchev–Trinajstić information content (AvgIpc) is 2.67. The maximum absolute atomic E-state index is 4.76. The van der Waals surface area contributed by atoms with Crippen molar-refractivity contribution < 1.29 is 0 Å². The first-order valence-electron chi connectivity index (χ1n) is 10.7. The van der Waals surface area contributed by atoms with Gasteiger partial charge in [-0.3, -0.25) is 0 Å². The fraction of sp³-hybridized carbons (Fsp3) is 0.818. The highest BCUT2D eigenvalue weighted by molar-refractivity contribution is 5.14. The van der Waals surface area contributed by atoms with Gasteiger partial charge in [0.05, 0.1) is 0 Å². The van der Waals surface area contributed by atoms with Crippen molar-refractivity contribution >= 4 is 0 Å². The van der Waals surface area contributed by atoms with E-state index in [1.54, 1.807) is 0 Å². The van der Waals surface area contributed by atoms with E-state index in [0.29, 0.717) is 5.92 Å². The fourth-order valence-corrected chi connectivity index (χ4v) is 4.77. The van der Waals surface area contributed by atoms with Gasteiger partial charge < -0.3 is 0 Å². The van der Waals surface area contributed by atoms with E-state index in [4.69, 9.17) is 9.97 Å². The Labute approximate surface area is 148 Å². The van der Waals surface area contributed by atoms with Crippen molar-refractivity contribution in [1.29, 1.82) is 0 Å². The van der Waals surface area contributed by atoms with Crippen LogP contribution in [0.5, 0.6) is 0 Å². The third kappa shape index (κ3) is 5.04. The summed E-state index contributed by atoms with van der Waals surface area (Å²) in [6, 6.07) is 0. The molecule has 1 aromatic heterocycles. The van der Waals surface area contributed by atoms with Crippen LogP contribution in [0.25, 0.3) is 0 Å². The first-order chi connectivity index (χ1) is 11.9. The smallest absolute Gasteiger partial charge is 0.131 e. The molecule has 0 bridgehead atoms. The summed E-state index contributed by atoms with van der Waals surface area (Å²) in [5, 5.41) is 0. The highest BCUT2D eigenvalue weighted by atomic mass is 14.9. The zero-order valence-electron chi connectivity index (χ0n) is 15.7. The largest absolute Gasteiger partial charge is 0.241 e. The lowest BCUT2D eigenvalue weighted by Gasteiger charge is -2.28. The van der Waals surface area contributed by atoms with E-state index in [0.717, 1.165) is 17.7 Å². The van der Waals surface area contributed by atoms with Crippen LogP contribution >= 0.6 is 0 Å². The van der Waals surface area contributed by atoms with Crippen molar-refractivity contribution in [2.45, 2.75) is 109 Å². The number of aromatic nitrogens is 2. The van der Waals surface area contributed by atoms with Crippen LogP contribution in [0.2, 0.25) is 0 Å². The fourth-order valence-electron chi connectivity index (χ4n) is 4.77. The Balaban J connectivity index is 1.44. The third-order valence-corrected chi connectivity index (χ3v) is 6.45. The van der Waals surface area contributed by atoms with E-state index in [2.05, 4.69) is 19.3 Å². The maximum Gasteiger partial charge on any atom is 0.131 e. The van der Waals surface area contributed by atoms with Gasteiger partial charge in [0.1, 0.15) is 5.82 Å². The van der Waals surface area contributed by atoms with Crippen LogP contribution in [0.4, 0.5) is 0 Å². The second kappa shape index (κ2) is 9.53. The third-order valence-electron chi connectivity index (χ3n) is 6.45. The number of hydrogen-bond donors (Lipinski definition) is 0. The standard InChI is InChI=1S/C22H36N2/c1-2-3-4-6-9-18-12-14-19(15-13-18)21-16-23-22(24-17-21)20-10-7-5-8-11-20/h16-20H,2-15H2,1H3. The molecule has 3 rings (SSSR count). The van der Waals surface area contributed by atoms with E-state index in [1.165, 1.54) is 95.5 Å². The van der Waals surface area contributed by atoms with Gasteiger partial charge in [0, 0.05) is 18.3 Å². The van der Waals surface area contributed by atoms with E-state index in [1.807, 2.05) is 0 Å². The second-order valence-electron chi connectivity index (χ2n) is 8.28. The van der Waals surface area contributed by atoms with Crippen LogP contribution in [0.3, 0.4) is 0 Å². The van der Waals surface area contributed by atoms with Crippen molar-refractivity contribution in [3.05, 3.63) is 23.8 Å². The lowest BCUT2D eigenvalue weighted by Crippen LogP contribution is -2.15. The van der Waals surface area contributed by atoms with Crippen LogP contribution < -0.4 is 0 Å². The van der Waals surface area contributed by atoms with Crippen molar-refractivity contribution in [3.63, 3.8) is 0 Å². The first-order valence-corrected chi connectivity index (χ1v) is 10.7. The minimum absolute atomic E-state index is 0.631. The number of unbranched alkanes of at least 4 members (excludes halogenated alkanes) is 3. The van der Waals surface area contributed by atoms with Crippen LogP contribution in [-0.4, -0.2) is 9.97 Å². The summed E-state index contributed by atoms with van der Waals surface area (Å²) >= 11 is 0. The van der Waals surface area contributed by atoms with Crippen LogP contribution in [0.15, 0.2) is 12.4 Å². The Morgan fingerprint density at radius 2 is 1.50 bits per heavy atom. The topological polar surface area (TPSA) is 25.8 Å². The first kappa shape index (κ1) is 17.9. The van der Waals surface area contributed by atoms with Crippen molar-refractivity contribution in [2.24, 2.45) is 5.92 Å². The zero-order chi connectivity index (χ0) is 16.6. The summed E-state index contributed by atoms with van der Waals surface area (Å²) in [4.78, 5) is 9.51. The average molecular weight is 329 g/mol. The predicted molar refractivity (Wildman–Crippen MR) is 101 cm³/mol. The van der Waals surface area contributed by atoms with Gasteiger partial charge in [-0.15, -0.1) is 0 Å². The molecule has 0 N–H and O–H groups in total. The Hall–Kier alpha value is -0.920. The molecule has 0 aromatic carbocycles. The summed E-state index contributed by atoms with van der Waals surface area (Å²) in [7, 11) is 0. The van der Waals surface area contributed by atoms with Gasteiger partial charge in [0.2, 0.25) is 0 Å². The quantitative estimate of drug-likeness (QED) is 0.516. The molecule has 0 spiro atoms. The molecular weight excluding hydrogens is 292 g/mol. The van der Waals surface area contributed by atoms with Crippen LogP contribution in [0, 0.1) is 5.92 Å². The van der Waals surface area contributed by atoms with Gasteiger partial charge in [-0.2, -0.15) is 0 Å². The SMILES string of the molecule is CCCCCCC1CCC(c2cnc(C3CCCCC3)nc2)CC1. The van der Waals surface area contributed by atoms with Crippen molar-refractivity contribution in [3.8, 4) is 0 Å². The molecule has 134 valence electrons. The lowest BCUT2D eigenvalue weighted by molar-refractivity contribution is 0.301. The molecule has 2 aliphatic rings. The molecule has 0 unspecified atom stereocenters. The number of rotatable bonds is 7. The van der Waals surface area contributed by atoms with Gasteiger partial charge in [-0.05, 0) is 55.9 Å². The Morgan fingerprint density at radius 3 is 2.17 bits per heavy atom. The molecule has 0 amide bonds. The number of nitrogens with zero attached hydrogens (tertiary/aromatic N) is 2. The molecule has 2 heteroatoms. The highest BCUT2D eigenvalue weighted by Gasteiger charge is 2.23. The minimum Gasteiger partial charge on any atom is -0.241 e. The molecule has 0 aliphatic heterocycles. The molecule has 2 fully saturated rings. The molecule has 0 saturated heterocycles. The highest BCUT2D eigenvalue weighted by Crippen LogP contribution is 2.38. The van der Waals surface area contributed by atoms with Crippen LogP contribution in [-0.2, 0) is 0 Å². The molecular formula is C22H36N2. The van der Waals surface area contributed by atoms with Gasteiger partial charge in [0.25, 0.3) is 0 Å². The molecule has 0 radical (unpaired) electrons. The van der Waals surface area contributed by atoms with E-state index < -0.39 is 0 Å². The van der Waals surface area contributed by atoms with Gasteiger partial charge in [0.15, 0.2) is 0 Å². The zero-order valence-corrected chi connectivity index (χ0v) is 15.7. The Bertz CT molecular complexity index is 453. The van der Waals surface area contributed by atoms with E-state index in [-0.39, 0.29) is 0 Å². The summed E-state index contributed by atoms with van der Waals surface area (Å²) in [6.07, 6.45) is 23.7. The lowest BCUT2D eigenvalue weighted by atomic mass is 9.77. The van der Waals surface area contributed by atoms with E-state index >= 15 is 0 Å². The Morgan fingerprint density at radius 1 is 0.792 bits per heavy atom. The van der Waals surface area contributed by atoms with Crippen molar-refractivity contribution in [1.82, 2.24) is 9.97 Å². The molecule has 1 heterocycles. The van der Waals surface area contributed by atoms with Gasteiger partial charge in [-0.25, -0.2) is 9.97 Å². The second-order valence-corrected chi connectivity index (χ2v) is 8.28. The minimum atomic E-state index is 0.631. The monoisotopic (exact) mass is 328 g/mol. The molecule has 2 saturated carbocycles. The number of hydrogen-bond acceptors (Lipinski definition) is 2. The normalized spacial score (nSPS) is 25.7. The van der Waals surface area contributed by atoms with Gasteiger partial charge >= 0.3 is 0 Å². The summed E-state index contributed by atoms with van der Waals surface area (Å²) in [6.45, 7) is 2.30. The van der Waals surface area contributed by atoms with Gasteiger partial charge in [-0.1, -0.05) is 58.3 Å². The maximum atomic E-state index is 4.76. The molecule has 24 heavy (non-hydrogen) atoms. The Kier molecular flexibility index (Phi) is 7.11. The van der Waals surface area contributed by atoms with E-state index in [9.17, 15) is 0 Å². The predicted octanol–water partition coefficient (Wildman–Crippen LogP) is 6.77. The molecule has 2 aliphatic carbocycles.